The maximum absolute atomic E-state index is 4.29. The predicted molar refractivity (Wildman–Crippen MR) is 95.6 cm³/mol. The quantitative estimate of drug-likeness (QED) is 0.773. The van der Waals surface area contributed by atoms with Gasteiger partial charge in [0.25, 0.3) is 0 Å². The monoisotopic (exact) mass is 311 g/mol. The molecular formula is C20H29N3. The van der Waals surface area contributed by atoms with Gasteiger partial charge in [-0.2, -0.15) is 0 Å². The molecular weight excluding hydrogens is 282 g/mol. The molecule has 0 amide bonds. The van der Waals surface area contributed by atoms with E-state index in [4.69, 9.17) is 0 Å². The van der Waals surface area contributed by atoms with E-state index in [2.05, 4.69) is 78.8 Å². The van der Waals surface area contributed by atoms with Crippen molar-refractivity contribution in [2.24, 2.45) is 5.41 Å². The zero-order chi connectivity index (χ0) is 16.5. The number of likely N-dealkylation sites (N-methyl/N-ethyl adjacent to an activating group) is 1. The van der Waals surface area contributed by atoms with E-state index in [1.54, 1.807) is 0 Å². The molecule has 3 nitrogen and oxygen atoms in total. The van der Waals surface area contributed by atoms with Crippen LogP contribution in [0.1, 0.15) is 38.1 Å². The number of hydrogen-bond donors (Lipinski definition) is 0. The summed E-state index contributed by atoms with van der Waals surface area (Å²) in [4.78, 5) is 6.80. The topological polar surface area (TPSA) is 21.1 Å². The zero-order valence-corrected chi connectivity index (χ0v) is 14.9. The molecule has 1 fully saturated rings. The lowest BCUT2D eigenvalue weighted by molar-refractivity contribution is 0.270. The van der Waals surface area contributed by atoms with Crippen LogP contribution in [0.5, 0.6) is 0 Å². The summed E-state index contributed by atoms with van der Waals surface area (Å²) in [6.45, 7) is 10.2. The Morgan fingerprint density at radius 2 is 1.91 bits per heavy atom. The molecule has 0 saturated heterocycles. The first-order valence-corrected chi connectivity index (χ1v) is 8.66. The fourth-order valence-corrected chi connectivity index (χ4v) is 4.01. The lowest BCUT2D eigenvalue weighted by Crippen LogP contribution is -2.33. The van der Waals surface area contributed by atoms with Crippen LogP contribution in [0, 0.1) is 12.3 Å². The second kappa shape index (κ2) is 6.12. The summed E-state index contributed by atoms with van der Waals surface area (Å²) >= 11 is 0. The molecule has 1 aromatic carbocycles. The van der Waals surface area contributed by atoms with Gasteiger partial charge in [-0.3, -0.25) is 0 Å². The van der Waals surface area contributed by atoms with E-state index in [1.807, 2.05) is 6.20 Å². The van der Waals surface area contributed by atoms with Crippen molar-refractivity contribution < 1.29 is 0 Å². The van der Waals surface area contributed by atoms with Crippen LogP contribution >= 0.6 is 0 Å². The van der Waals surface area contributed by atoms with Crippen LogP contribution in [0.15, 0.2) is 42.7 Å². The van der Waals surface area contributed by atoms with Gasteiger partial charge in [0.15, 0.2) is 0 Å². The summed E-state index contributed by atoms with van der Waals surface area (Å²) in [5.41, 5.74) is 2.24. The van der Waals surface area contributed by atoms with E-state index in [0.717, 1.165) is 25.5 Å². The van der Waals surface area contributed by atoms with E-state index >= 15 is 0 Å². The highest BCUT2D eigenvalue weighted by Gasteiger charge is 2.61. The Morgan fingerprint density at radius 3 is 2.48 bits per heavy atom. The third-order valence-corrected chi connectivity index (χ3v) is 5.64. The van der Waals surface area contributed by atoms with Crippen LogP contribution in [0.25, 0.3) is 0 Å². The molecule has 0 radical (unpaired) electrons. The van der Waals surface area contributed by atoms with Crippen LogP contribution < -0.4 is 0 Å². The molecule has 23 heavy (non-hydrogen) atoms. The summed E-state index contributed by atoms with van der Waals surface area (Å²) < 4.78 is 2.24. The largest absolute Gasteiger partial charge is 0.335 e. The number of hydrogen-bond acceptors (Lipinski definition) is 2. The number of benzene rings is 1. The molecule has 3 heteroatoms. The van der Waals surface area contributed by atoms with Crippen LogP contribution in [0.4, 0.5) is 0 Å². The molecule has 0 spiro atoms. The zero-order valence-electron chi connectivity index (χ0n) is 14.9. The van der Waals surface area contributed by atoms with Gasteiger partial charge in [-0.1, -0.05) is 44.2 Å². The normalized spacial score (nSPS) is 22.5. The van der Waals surface area contributed by atoms with Gasteiger partial charge in [-0.15, -0.1) is 0 Å². The molecule has 1 unspecified atom stereocenters. The highest BCUT2D eigenvalue weighted by atomic mass is 15.1. The summed E-state index contributed by atoms with van der Waals surface area (Å²) in [5.74, 6) is 1.11. The van der Waals surface area contributed by atoms with Gasteiger partial charge < -0.3 is 9.47 Å². The van der Waals surface area contributed by atoms with Gasteiger partial charge in [0.1, 0.15) is 5.82 Å². The average Bonchev–Trinajstić information content (AvgIpc) is 2.85. The van der Waals surface area contributed by atoms with Gasteiger partial charge >= 0.3 is 0 Å². The van der Waals surface area contributed by atoms with Crippen LogP contribution in [-0.4, -0.2) is 34.6 Å². The third kappa shape index (κ3) is 3.20. The van der Waals surface area contributed by atoms with Crippen molar-refractivity contribution in [1.29, 1.82) is 0 Å². The Morgan fingerprint density at radius 1 is 1.22 bits per heavy atom. The second-order valence-electron chi connectivity index (χ2n) is 7.77. The Bertz CT molecular complexity index is 644. The molecule has 1 aliphatic carbocycles. The molecule has 1 aromatic heterocycles. The Balaban J connectivity index is 1.58. The molecule has 1 heterocycles. The standard InChI is InChI=1S/C20H29N3/c1-17-21-11-14-23(17)13-8-12-22(4)16-20(15-19(20,2)3)18-9-6-5-7-10-18/h5-7,9-11,14H,8,12-13,15-16H2,1-4H3. The van der Waals surface area contributed by atoms with Gasteiger partial charge in [0.05, 0.1) is 0 Å². The smallest absolute Gasteiger partial charge is 0.105 e. The number of aryl methyl sites for hydroxylation is 2. The lowest BCUT2D eigenvalue weighted by atomic mass is 9.87. The fraction of sp³-hybridized carbons (Fsp3) is 0.550. The number of nitrogens with zero attached hydrogens (tertiary/aromatic N) is 3. The van der Waals surface area contributed by atoms with Crippen LogP contribution in [0.3, 0.4) is 0 Å². The Kier molecular flexibility index (Phi) is 4.33. The molecule has 124 valence electrons. The van der Waals surface area contributed by atoms with Crippen molar-refractivity contribution in [3.63, 3.8) is 0 Å². The van der Waals surface area contributed by atoms with Crippen molar-refractivity contribution in [3.8, 4) is 0 Å². The maximum atomic E-state index is 4.29. The van der Waals surface area contributed by atoms with Crippen LogP contribution in [0.2, 0.25) is 0 Å². The van der Waals surface area contributed by atoms with Crippen molar-refractivity contribution >= 4 is 0 Å². The van der Waals surface area contributed by atoms with E-state index in [9.17, 15) is 0 Å². The first-order chi connectivity index (χ1) is 10.9. The molecule has 3 rings (SSSR count). The summed E-state index contributed by atoms with van der Waals surface area (Å²) in [6.07, 6.45) is 6.41. The van der Waals surface area contributed by atoms with E-state index < -0.39 is 0 Å². The fourth-order valence-electron chi connectivity index (χ4n) is 4.01. The van der Waals surface area contributed by atoms with E-state index in [0.29, 0.717) is 10.8 Å². The van der Waals surface area contributed by atoms with Gasteiger partial charge in [0.2, 0.25) is 0 Å². The number of rotatable bonds is 7. The highest BCUT2D eigenvalue weighted by Crippen LogP contribution is 2.64. The van der Waals surface area contributed by atoms with Crippen molar-refractivity contribution in [3.05, 3.63) is 54.1 Å². The minimum absolute atomic E-state index is 0.327. The second-order valence-corrected chi connectivity index (χ2v) is 7.77. The third-order valence-electron chi connectivity index (χ3n) is 5.64. The molecule has 0 aliphatic heterocycles. The van der Waals surface area contributed by atoms with Crippen molar-refractivity contribution in [2.75, 3.05) is 20.1 Å². The average molecular weight is 311 g/mol. The molecule has 1 aliphatic rings. The van der Waals surface area contributed by atoms with E-state index in [-0.39, 0.29) is 0 Å². The first kappa shape index (κ1) is 16.3. The molecule has 2 aromatic rings. The minimum atomic E-state index is 0.327. The lowest BCUT2D eigenvalue weighted by Gasteiger charge is -2.27. The van der Waals surface area contributed by atoms with Crippen molar-refractivity contribution in [2.45, 2.75) is 45.6 Å². The summed E-state index contributed by atoms with van der Waals surface area (Å²) in [7, 11) is 2.26. The molecule has 0 bridgehead atoms. The minimum Gasteiger partial charge on any atom is -0.335 e. The molecule has 1 saturated carbocycles. The van der Waals surface area contributed by atoms with Gasteiger partial charge in [0, 0.05) is 30.9 Å². The first-order valence-electron chi connectivity index (χ1n) is 8.66. The SMILES string of the molecule is Cc1nccn1CCCN(C)CC1(c2ccccc2)CC1(C)C. The Labute approximate surface area is 140 Å². The van der Waals surface area contributed by atoms with Crippen LogP contribution in [-0.2, 0) is 12.0 Å². The highest BCUT2D eigenvalue weighted by molar-refractivity contribution is 5.37. The van der Waals surface area contributed by atoms with Crippen molar-refractivity contribution in [1.82, 2.24) is 14.5 Å². The number of aromatic nitrogens is 2. The van der Waals surface area contributed by atoms with Gasteiger partial charge in [-0.05, 0) is 44.3 Å². The Hall–Kier alpha value is -1.61. The number of imidazole rings is 1. The van der Waals surface area contributed by atoms with E-state index in [1.165, 1.54) is 18.4 Å². The summed E-state index contributed by atoms with van der Waals surface area (Å²) in [5, 5.41) is 0. The van der Waals surface area contributed by atoms with Gasteiger partial charge in [-0.25, -0.2) is 4.98 Å². The maximum Gasteiger partial charge on any atom is 0.105 e. The summed E-state index contributed by atoms with van der Waals surface area (Å²) in [6, 6.07) is 11.1. The molecule has 1 atom stereocenters. The molecule has 0 N–H and O–H groups in total. The predicted octanol–water partition coefficient (Wildman–Crippen LogP) is 3.88.